The molecular formula is C24H27ClO3. The van der Waals surface area contributed by atoms with Crippen LogP contribution in [0.4, 0.5) is 0 Å². The van der Waals surface area contributed by atoms with Crippen LogP contribution in [-0.4, -0.2) is 23.4 Å². The molecule has 3 nitrogen and oxygen atoms in total. The van der Waals surface area contributed by atoms with Gasteiger partial charge in [-0.3, -0.25) is 0 Å². The number of rotatable bonds is 5. The second-order valence-corrected chi connectivity index (χ2v) is 9.28. The van der Waals surface area contributed by atoms with E-state index in [1.54, 1.807) is 0 Å². The van der Waals surface area contributed by atoms with Gasteiger partial charge in [-0.05, 0) is 79.3 Å². The van der Waals surface area contributed by atoms with E-state index in [1.807, 2.05) is 25.1 Å². The molecule has 148 valence electrons. The first-order chi connectivity index (χ1) is 13.5. The number of ether oxygens (including phenoxy) is 2. The summed E-state index contributed by atoms with van der Waals surface area (Å²) in [5.74, 6) is 0.893. The van der Waals surface area contributed by atoms with Crippen molar-refractivity contribution in [2.75, 3.05) is 6.61 Å². The molecule has 3 aliphatic rings. The minimum Gasteiger partial charge on any atom is -0.494 e. The van der Waals surface area contributed by atoms with Gasteiger partial charge >= 0.3 is 0 Å². The van der Waals surface area contributed by atoms with Crippen LogP contribution in [0.15, 0.2) is 42.5 Å². The summed E-state index contributed by atoms with van der Waals surface area (Å²) < 4.78 is 12.0. The van der Waals surface area contributed by atoms with Gasteiger partial charge in [0, 0.05) is 11.4 Å². The fourth-order valence-electron chi connectivity index (χ4n) is 4.82. The zero-order valence-electron chi connectivity index (χ0n) is 16.3. The van der Waals surface area contributed by atoms with Crippen LogP contribution < -0.4 is 4.74 Å². The van der Waals surface area contributed by atoms with Gasteiger partial charge in [0.25, 0.3) is 0 Å². The Kier molecular flexibility index (Phi) is 4.46. The van der Waals surface area contributed by atoms with Crippen LogP contribution in [0.2, 0.25) is 5.02 Å². The summed E-state index contributed by atoms with van der Waals surface area (Å²) in [5, 5.41) is 11.0. The number of aliphatic hydroxyl groups is 1. The number of hydrogen-bond acceptors (Lipinski definition) is 3. The predicted octanol–water partition coefficient (Wildman–Crippen LogP) is 5.46. The Bertz CT molecular complexity index is 874. The molecule has 1 saturated heterocycles. The average Bonchev–Trinajstić information content (AvgIpc) is 3.57. The van der Waals surface area contributed by atoms with Gasteiger partial charge in [0.05, 0.1) is 24.4 Å². The first-order valence-electron chi connectivity index (χ1n) is 10.4. The van der Waals surface area contributed by atoms with Crippen molar-refractivity contribution in [1.82, 2.24) is 0 Å². The lowest BCUT2D eigenvalue weighted by atomic mass is 9.84. The number of halogens is 1. The highest BCUT2D eigenvalue weighted by Crippen LogP contribution is 2.66. The van der Waals surface area contributed by atoms with Gasteiger partial charge < -0.3 is 14.6 Å². The lowest BCUT2D eigenvalue weighted by Crippen LogP contribution is -2.33. The minimum absolute atomic E-state index is 0.0600. The first-order valence-corrected chi connectivity index (χ1v) is 10.7. The summed E-state index contributed by atoms with van der Waals surface area (Å²) in [6, 6.07) is 14.5. The summed E-state index contributed by atoms with van der Waals surface area (Å²) in [7, 11) is 0. The fraction of sp³-hybridized carbons (Fsp3) is 0.500. The van der Waals surface area contributed by atoms with Gasteiger partial charge in [-0.15, -0.1) is 0 Å². The van der Waals surface area contributed by atoms with Crippen molar-refractivity contribution in [3.05, 3.63) is 64.2 Å². The molecule has 2 aromatic carbocycles. The molecule has 0 aromatic heterocycles. The maximum absolute atomic E-state index is 10.2. The summed E-state index contributed by atoms with van der Waals surface area (Å²) in [5.41, 5.74) is 3.63. The summed E-state index contributed by atoms with van der Waals surface area (Å²) in [6.45, 7) is 2.66. The lowest BCUT2D eigenvalue weighted by molar-refractivity contribution is -0.115. The Labute approximate surface area is 171 Å². The van der Waals surface area contributed by atoms with Crippen LogP contribution >= 0.6 is 11.6 Å². The van der Waals surface area contributed by atoms with Crippen molar-refractivity contribution in [2.45, 2.75) is 63.3 Å². The van der Waals surface area contributed by atoms with Gasteiger partial charge in [0.2, 0.25) is 0 Å². The normalized spacial score (nSPS) is 29.8. The molecule has 1 aliphatic heterocycles. The number of benzene rings is 2. The Morgan fingerprint density at radius 2 is 1.89 bits per heavy atom. The predicted molar refractivity (Wildman–Crippen MR) is 110 cm³/mol. The van der Waals surface area contributed by atoms with E-state index in [4.69, 9.17) is 21.1 Å². The third kappa shape index (κ3) is 3.45. The maximum atomic E-state index is 10.2. The van der Waals surface area contributed by atoms with Crippen LogP contribution in [0.1, 0.15) is 61.8 Å². The average molecular weight is 399 g/mol. The number of hydrogen-bond donors (Lipinski definition) is 1. The van der Waals surface area contributed by atoms with E-state index in [1.165, 1.54) is 24.0 Å². The largest absolute Gasteiger partial charge is 0.494 e. The summed E-state index contributed by atoms with van der Waals surface area (Å²) in [6.07, 6.45) is 5.98. The topological polar surface area (TPSA) is 38.7 Å². The number of aliphatic hydroxyl groups excluding tert-OH is 1. The van der Waals surface area contributed by atoms with Gasteiger partial charge in [-0.25, -0.2) is 0 Å². The second kappa shape index (κ2) is 6.76. The Balaban J connectivity index is 1.37. The van der Waals surface area contributed by atoms with Gasteiger partial charge in [0.1, 0.15) is 5.75 Å². The van der Waals surface area contributed by atoms with E-state index in [0.29, 0.717) is 12.0 Å². The molecule has 4 heteroatoms. The van der Waals surface area contributed by atoms with E-state index in [9.17, 15) is 5.11 Å². The maximum Gasteiger partial charge on any atom is 0.119 e. The van der Waals surface area contributed by atoms with Crippen molar-refractivity contribution < 1.29 is 14.6 Å². The quantitative estimate of drug-likeness (QED) is 0.726. The van der Waals surface area contributed by atoms with Gasteiger partial charge in [0.15, 0.2) is 0 Å². The third-order valence-electron chi connectivity index (χ3n) is 6.68. The van der Waals surface area contributed by atoms with Crippen molar-refractivity contribution >= 4 is 11.6 Å². The lowest BCUT2D eigenvalue weighted by Gasteiger charge is -2.37. The van der Waals surface area contributed by atoms with Gasteiger partial charge in [-0.1, -0.05) is 35.9 Å². The van der Waals surface area contributed by atoms with Crippen molar-refractivity contribution in [3.8, 4) is 5.75 Å². The standard InChI is InChI=1S/C24H27ClO3/c1-2-27-19-6-3-16(4-7-19)11-18-12-17(5-8-20(18)25)21-13-23(9-10-23)15-24(28-21)14-22(24)26/h3-8,12,21-22,26H,2,9-11,13-15H2,1H3/t21-,22+,24-/m1/s1. The van der Waals surface area contributed by atoms with Crippen LogP contribution in [0.5, 0.6) is 5.75 Å². The van der Waals surface area contributed by atoms with Crippen LogP contribution in [0, 0.1) is 5.41 Å². The van der Waals surface area contributed by atoms with Crippen LogP contribution in [0.3, 0.4) is 0 Å². The molecule has 2 spiro atoms. The monoisotopic (exact) mass is 398 g/mol. The van der Waals surface area contributed by atoms with Crippen LogP contribution in [-0.2, 0) is 11.2 Å². The van der Waals surface area contributed by atoms with Crippen molar-refractivity contribution in [1.29, 1.82) is 0 Å². The van der Waals surface area contributed by atoms with Crippen molar-refractivity contribution in [3.63, 3.8) is 0 Å². The summed E-state index contributed by atoms with van der Waals surface area (Å²) in [4.78, 5) is 0. The van der Waals surface area contributed by atoms with E-state index in [0.717, 1.165) is 42.0 Å². The molecule has 2 aromatic rings. The fourth-order valence-corrected chi connectivity index (χ4v) is 5.00. The Hall–Kier alpha value is -1.55. The van der Waals surface area contributed by atoms with E-state index in [-0.39, 0.29) is 17.8 Å². The first kappa shape index (κ1) is 18.5. The third-order valence-corrected chi connectivity index (χ3v) is 7.05. The molecule has 3 atom stereocenters. The van der Waals surface area contributed by atoms with E-state index >= 15 is 0 Å². The highest BCUT2D eigenvalue weighted by atomic mass is 35.5. The molecule has 0 bridgehead atoms. The molecule has 28 heavy (non-hydrogen) atoms. The molecule has 2 aliphatic carbocycles. The molecule has 1 heterocycles. The van der Waals surface area contributed by atoms with Crippen molar-refractivity contribution in [2.24, 2.45) is 5.41 Å². The molecule has 3 fully saturated rings. The van der Waals surface area contributed by atoms with E-state index < -0.39 is 0 Å². The summed E-state index contributed by atoms with van der Waals surface area (Å²) >= 11 is 6.52. The van der Waals surface area contributed by atoms with E-state index in [2.05, 4.69) is 24.3 Å². The zero-order chi connectivity index (χ0) is 19.4. The van der Waals surface area contributed by atoms with Gasteiger partial charge in [-0.2, -0.15) is 0 Å². The highest BCUT2D eigenvalue weighted by Gasteiger charge is 2.65. The SMILES string of the molecule is CCOc1ccc(Cc2cc([C@H]3CC4(CC4)C[C@@]4(C[C@@H]4O)O3)ccc2Cl)cc1. The molecule has 5 rings (SSSR count). The second-order valence-electron chi connectivity index (χ2n) is 8.88. The minimum atomic E-state index is -0.289. The molecular weight excluding hydrogens is 372 g/mol. The molecule has 0 unspecified atom stereocenters. The molecule has 1 N–H and O–H groups in total. The smallest absolute Gasteiger partial charge is 0.119 e. The molecule has 0 radical (unpaired) electrons. The molecule has 0 amide bonds. The van der Waals surface area contributed by atoms with Crippen LogP contribution in [0.25, 0.3) is 0 Å². The Morgan fingerprint density at radius 3 is 2.54 bits per heavy atom. The highest BCUT2D eigenvalue weighted by molar-refractivity contribution is 6.31. The molecule has 2 saturated carbocycles. The Morgan fingerprint density at radius 1 is 1.14 bits per heavy atom. The zero-order valence-corrected chi connectivity index (χ0v) is 17.0.